The third-order valence-corrected chi connectivity index (χ3v) is 7.77. The van der Waals surface area contributed by atoms with E-state index in [0.29, 0.717) is 6.17 Å². The molecule has 4 nitrogen and oxygen atoms in total. The van der Waals surface area contributed by atoms with Gasteiger partial charge in [0.2, 0.25) is 0 Å². The van der Waals surface area contributed by atoms with E-state index in [4.69, 9.17) is 0 Å². The van der Waals surface area contributed by atoms with Gasteiger partial charge in [-0.3, -0.25) is 9.80 Å². The number of aliphatic hydroxyl groups is 1. The largest absolute Gasteiger partial charge is 0.392 e. The van der Waals surface area contributed by atoms with Gasteiger partial charge in [-0.05, 0) is 25.8 Å². The van der Waals surface area contributed by atoms with Gasteiger partial charge in [0, 0.05) is 66.2 Å². The van der Waals surface area contributed by atoms with E-state index >= 15 is 0 Å². The molecule has 4 heteroatoms. The highest BCUT2D eigenvalue weighted by Crippen LogP contribution is 2.57. The Morgan fingerprint density at radius 3 is 2.08 bits per heavy atom. The highest BCUT2D eigenvalue weighted by Gasteiger charge is 2.64. The molecule has 0 aliphatic carbocycles. The standard InChI is InChI=1S/C22H31N3O/c1-4-21-12-24-14-22(5-2,20(21)26)15-25(13-21)19(24)17-11-23(6-3)18-10-8-7-9-16(17)18/h7-11,19-20,26H,4-6,12-15H2,1-3H3. The van der Waals surface area contributed by atoms with Crippen LogP contribution in [0.4, 0.5) is 0 Å². The molecule has 4 fully saturated rings. The second kappa shape index (κ2) is 5.57. The summed E-state index contributed by atoms with van der Waals surface area (Å²) in [4.78, 5) is 5.35. The molecule has 4 bridgehead atoms. The summed E-state index contributed by atoms with van der Waals surface area (Å²) < 4.78 is 2.39. The molecule has 0 unspecified atom stereocenters. The lowest BCUT2D eigenvalue weighted by molar-refractivity contribution is -0.266. The summed E-state index contributed by atoms with van der Waals surface area (Å²) in [6, 6.07) is 8.83. The van der Waals surface area contributed by atoms with Crippen molar-refractivity contribution in [2.75, 3.05) is 26.2 Å². The second-order valence-electron chi connectivity index (χ2n) is 8.91. The average Bonchev–Trinajstić information content (AvgIpc) is 3.03. The van der Waals surface area contributed by atoms with Crippen molar-refractivity contribution in [1.29, 1.82) is 0 Å². The lowest BCUT2D eigenvalue weighted by Gasteiger charge is -2.69. The molecular formula is C22H31N3O. The average molecular weight is 354 g/mol. The molecule has 4 saturated heterocycles. The van der Waals surface area contributed by atoms with Crippen molar-refractivity contribution in [1.82, 2.24) is 14.4 Å². The van der Waals surface area contributed by atoms with Crippen molar-refractivity contribution in [2.45, 2.75) is 52.4 Å². The van der Waals surface area contributed by atoms with Crippen LogP contribution in [0, 0.1) is 10.8 Å². The molecule has 0 spiro atoms. The fourth-order valence-electron chi connectivity index (χ4n) is 6.37. The van der Waals surface area contributed by atoms with Crippen molar-refractivity contribution in [3.63, 3.8) is 0 Å². The maximum Gasteiger partial charge on any atom is 0.0908 e. The molecule has 0 radical (unpaired) electrons. The van der Waals surface area contributed by atoms with Crippen LogP contribution in [0.3, 0.4) is 0 Å². The second-order valence-corrected chi connectivity index (χ2v) is 8.91. The molecule has 0 saturated carbocycles. The minimum absolute atomic E-state index is 0.0478. The van der Waals surface area contributed by atoms with E-state index in [1.807, 2.05) is 0 Å². The van der Waals surface area contributed by atoms with E-state index in [1.54, 1.807) is 0 Å². The van der Waals surface area contributed by atoms with Crippen LogP contribution in [0.1, 0.15) is 45.3 Å². The summed E-state index contributed by atoms with van der Waals surface area (Å²) in [5, 5.41) is 12.6. The summed E-state index contributed by atoms with van der Waals surface area (Å²) in [7, 11) is 0. The summed E-state index contributed by atoms with van der Waals surface area (Å²) >= 11 is 0. The summed E-state index contributed by atoms with van der Waals surface area (Å²) in [5.74, 6) is 0. The first-order valence-corrected chi connectivity index (χ1v) is 10.3. The highest BCUT2D eigenvalue weighted by atomic mass is 16.3. The Morgan fingerprint density at radius 1 is 0.962 bits per heavy atom. The molecule has 140 valence electrons. The monoisotopic (exact) mass is 353 g/mol. The highest BCUT2D eigenvalue weighted by molar-refractivity contribution is 5.84. The first kappa shape index (κ1) is 16.8. The first-order chi connectivity index (χ1) is 12.6. The van der Waals surface area contributed by atoms with Crippen LogP contribution in [-0.2, 0) is 6.54 Å². The topological polar surface area (TPSA) is 31.6 Å². The van der Waals surface area contributed by atoms with Gasteiger partial charge in [-0.1, -0.05) is 32.0 Å². The van der Waals surface area contributed by atoms with Crippen molar-refractivity contribution >= 4 is 10.9 Å². The Labute approximate surface area is 156 Å². The lowest BCUT2D eigenvalue weighted by atomic mass is 9.57. The van der Waals surface area contributed by atoms with Crippen molar-refractivity contribution in [3.05, 3.63) is 36.0 Å². The smallest absolute Gasteiger partial charge is 0.0908 e. The maximum absolute atomic E-state index is 11.2. The number of aromatic nitrogens is 1. The van der Waals surface area contributed by atoms with Gasteiger partial charge in [0.15, 0.2) is 0 Å². The molecule has 1 N–H and O–H groups in total. The number of piperidine rings is 2. The van der Waals surface area contributed by atoms with E-state index in [0.717, 1.165) is 45.6 Å². The molecular weight excluding hydrogens is 322 g/mol. The molecule has 6 rings (SSSR count). The molecule has 1 aromatic carbocycles. The van der Waals surface area contributed by atoms with Gasteiger partial charge < -0.3 is 9.67 Å². The normalized spacial score (nSPS) is 41.2. The van der Waals surface area contributed by atoms with Gasteiger partial charge in [0.25, 0.3) is 0 Å². The number of nitrogens with zero attached hydrogens (tertiary/aromatic N) is 3. The third-order valence-electron chi connectivity index (χ3n) is 7.77. The fourth-order valence-corrected chi connectivity index (χ4v) is 6.37. The number of hydrogen-bond acceptors (Lipinski definition) is 3. The van der Waals surface area contributed by atoms with Crippen molar-refractivity contribution in [3.8, 4) is 0 Å². The van der Waals surface area contributed by atoms with Gasteiger partial charge in [0.05, 0.1) is 12.3 Å². The Morgan fingerprint density at radius 2 is 1.54 bits per heavy atom. The molecule has 4 aliphatic heterocycles. The molecule has 0 amide bonds. The predicted octanol–water partition coefficient (Wildman–Crippen LogP) is 3.46. The van der Waals surface area contributed by atoms with Crippen LogP contribution in [-0.4, -0.2) is 51.8 Å². The number of rotatable bonds is 4. The van der Waals surface area contributed by atoms with Crippen molar-refractivity contribution < 1.29 is 5.11 Å². The van der Waals surface area contributed by atoms with E-state index in [9.17, 15) is 5.11 Å². The minimum atomic E-state index is -0.157. The summed E-state index contributed by atoms with van der Waals surface area (Å²) in [6.45, 7) is 11.9. The zero-order valence-electron chi connectivity index (χ0n) is 16.3. The van der Waals surface area contributed by atoms with Gasteiger partial charge in [-0.25, -0.2) is 0 Å². The number of hydrogen-bond donors (Lipinski definition) is 1. The number of para-hydroxylation sites is 1. The molecule has 2 aromatic rings. The van der Waals surface area contributed by atoms with Gasteiger partial charge in [-0.15, -0.1) is 0 Å². The maximum atomic E-state index is 11.2. The summed E-state index contributed by atoms with van der Waals surface area (Å²) in [6.07, 6.45) is 4.71. The SMILES string of the molecule is CCn1cc(C2N3CC4(CC)CN2CC(CC)(C3)C4O)c2ccccc21. The van der Waals surface area contributed by atoms with Crippen LogP contribution in [0.2, 0.25) is 0 Å². The Balaban J connectivity index is 1.62. The van der Waals surface area contributed by atoms with Crippen LogP contribution in [0.5, 0.6) is 0 Å². The predicted molar refractivity (Wildman–Crippen MR) is 105 cm³/mol. The van der Waals surface area contributed by atoms with Gasteiger partial charge in [0.1, 0.15) is 0 Å². The quantitative estimate of drug-likeness (QED) is 0.913. The molecule has 5 heterocycles. The van der Waals surface area contributed by atoms with Gasteiger partial charge >= 0.3 is 0 Å². The zero-order valence-corrected chi connectivity index (χ0v) is 16.3. The molecule has 0 atom stereocenters. The Hall–Kier alpha value is -1.36. The lowest BCUT2D eigenvalue weighted by Crippen LogP contribution is -2.78. The van der Waals surface area contributed by atoms with Gasteiger partial charge in [-0.2, -0.15) is 0 Å². The third kappa shape index (κ3) is 1.96. The Kier molecular flexibility index (Phi) is 3.60. The van der Waals surface area contributed by atoms with Crippen LogP contribution >= 0.6 is 0 Å². The van der Waals surface area contributed by atoms with Crippen LogP contribution in [0.25, 0.3) is 10.9 Å². The molecule has 4 aliphatic rings. The van der Waals surface area contributed by atoms with E-state index in [1.165, 1.54) is 16.5 Å². The number of fused-ring (bicyclic) bond motifs is 1. The Bertz CT molecular complexity index is 801. The van der Waals surface area contributed by atoms with Crippen molar-refractivity contribution in [2.24, 2.45) is 10.8 Å². The zero-order chi connectivity index (χ0) is 18.1. The summed E-state index contributed by atoms with van der Waals surface area (Å²) in [5.41, 5.74) is 2.89. The first-order valence-electron chi connectivity index (χ1n) is 10.3. The molecule has 26 heavy (non-hydrogen) atoms. The van der Waals surface area contributed by atoms with Crippen LogP contribution < -0.4 is 0 Å². The number of aliphatic hydroxyl groups excluding tert-OH is 1. The fraction of sp³-hybridized carbons (Fsp3) is 0.636. The van der Waals surface area contributed by atoms with E-state index in [-0.39, 0.29) is 16.9 Å². The van der Waals surface area contributed by atoms with E-state index in [2.05, 4.69) is 65.6 Å². The minimum Gasteiger partial charge on any atom is -0.392 e. The number of benzene rings is 1. The van der Waals surface area contributed by atoms with Crippen LogP contribution in [0.15, 0.2) is 30.5 Å². The molecule has 1 aromatic heterocycles. The van der Waals surface area contributed by atoms with E-state index < -0.39 is 0 Å². The number of aryl methyl sites for hydroxylation is 1.